The lowest BCUT2D eigenvalue weighted by Crippen LogP contribution is -2.34. The fourth-order valence-electron chi connectivity index (χ4n) is 11.8. The van der Waals surface area contributed by atoms with E-state index in [4.69, 9.17) is 29.9 Å². The van der Waals surface area contributed by atoms with Crippen LogP contribution in [0.2, 0.25) is 0 Å². The van der Waals surface area contributed by atoms with Crippen molar-refractivity contribution in [3.8, 4) is 0 Å². The van der Waals surface area contributed by atoms with Gasteiger partial charge in [0.1, 0.15) is 24.4 Å². The first kappa shape index (κ1) is 46.8. The number of hydrogen-bond donors (Lipinski definition) is 6. The normalized spacial score (nSPS) is 30.6. The number of nitrogens with zero attached hydrogens (tertiary/aromatic N) is 16. The summed E-state index contributed by atoms with van der Waals surface area (Å²) in [5.41, 5.74) is 4.68. The highest BCUT2D eigenvalue weighted by atomic mass is 16.3. The molecule has 376 valence electrons. The second-order valence-electron chi connectivity index (χ2n) is 21.0. The van der Waals surface area contributed by atoms with Crippen LogP contribution in [0.5, 0.6) is 0 Å². The van der Waals surface area contributed by atoms with Gasteiger partial charge in [0.2, 0.25) is 11.9 Å². The van der Waals surface area contributed by atoms with Crippen LogP contribution in [-0.2, 0) is 12.8 Å². The number of anilines is 4. The van der Waals surface area contributed by atoms with Crippen LogP contribution in [0.25, 0.3) is 22.3 Å². The molecule has 3 aliphatic carbocycles. The quantitative estimate of drug-likeness (QED) is 0.0919. The number of likely N-dealkylation sites (N-methyl/N-ethyl adjacent to an activating group) is 2. The molecule has 0 unspecified atom stereocenters. The molecule has 0 amide bonds. The zero-order valence-electron chi connectivity index (χ0n) is 41.2. The van der Waals surface area contributed by atoms with Crippen molar-refractivity contribution < 1.29 is 20.4 Å². The molecular weight excluding hydrogens is 893 g/mol. The van der Waals surface area contributed by atoms with Crippen LogP contribution in [0.4, 0.5) is 23.5 Å². The molecule has 0 bridgehead atoms. The van der Waals surface area contributed by atoms with Gasteiger partial charge in [-0.15, -0.1) is 0 Å². The van der Waals surface area contributed by atoms with Gasteiger partial charge in [-0.3, -0.25) is 9.36 Å². The van der Waals surface area contributed by atoms with Gasteiger partial charge in [-0.2, -0.15) is 30.1 Å². The van der Waals surface area contributed by atoms with Gasteiger partial charge in [0, 0.05) is 62.7 Å². The van der Waals surface area contributed by atoms with Gasteiger partial charge >= 0.3 is 0 Å². The highest BCUT2D eigenvalue weighted by molar-refractivity contribution is 5.86. The number of aryl methyl sites for hydroxylation is 2. The number of imidazole rings is 2. The molecule has 11 rings (SSSR count). The highest BCUT2D eigenvalue weighted by Gasteiger charge is 2.46. The summed E-state index contributed by atoms with van der Waals surface area (Å²) in [5.74, 6) is 2.59. The molecule has 10 atom stereocenters. The van der Waals surface area contributed by atoms with E-state index in [0.717, 1.165) is 88.7 Å². The summed E-state index contributed by atoms with van der Waals surface area (Å²) < 4.78 is 7.44. The fraction of sp³-hybridized carbons (Fsp3) is 0.667. The second kappa shape index (κ2) is 18.9. The van der Waals surface area contributed by atoms with Crippen molar-refractivity contribution in [1.29, 1.82) is 0 Å². The minimum atomic E-state index is -1.04. The lowest BCUT2D eigenvalue weighted by molar-refractivity contribution is 0.00721. The first-order valence-corrected chi connectivity index (χ1v) is 25.5. The van der Waals surface area contributed by atoms with Gasteiger partial charge in [-0.05, 0) is 104 Å². The number of aromatic nitrogens is 12. The molecule has 0 spiro atoms. The Morgan fingerprint density at radius 1 is 0.557 bits per heavy atom. The summed E-state index contributed by atoms with van der Waals surface area (Å²) in [7, 11) is 8.44. The van der Waals surface area contributed by atoms with Gasteiger partial charge in [0.25, 0.3) is 0 Å². The van der Waals surface area contributed by atoms with Crippen LogP contribution < -0.4 is 20.4 Å². The molecule has 2 aliphatic heterocycles. The van der Waals surface area contributed by atoms with Crippen molar-refractivity contribution in [2.24, 2.45) is 0 Å². The Bertz CT molecular complexity index is 2590. The molecular formula is C48H70N18O4. The Balaban J connectivity index is 0.843. The summed E-state index contributed by atoms with van der Waals surface area (Å²) in [6.45, 7) is 7.39. The lowest BCUT2D eigenvalue weighted by Gasteiger charge is -2.31. The zero-order valence-corrected chi connectivity index (χ0v) is 41.2. The first-order valence-electron chi connectivity index (χ1n) is 25.5. The van der Waals surface area contributed by atoms with E-state index < -0.39 is 36.5 Å². The fourth-order valence-corrected chi connectivity index (χ4v) is 11.8. The molecule has 5 aliphatic rings. The maximum atomic E-state index is 11.5. The predicted molar refractivity (Wildman–Crippen MR) is 265 cm³/mol. The number of hydrogen-bond acceptors (Lipinski definition) is 18. The zero-order chi connectivity index (χ0) is 48.5. The Labute approximate surface area is 407 Å². The van der Waals surface area contributed by atoms with Crippen LogP contribution in [0.1, 0.15) is 101 Å². The van der Waals surface area contributed by atoms with E-state index in [1.807, 2.05) is 33.9 Å². The number of nitrogens with one attached hydrogen (secondary N) is 2. The monoisotopic (exact) mass is 963 g/mol. The van der Waals surface area contributed by atoms with Crippen molar-refractivity contribution in [2.75, 3.05) is 74.8 Å². The van der Waals surface area contributed by atoms with E-state index in [0.29, 0.717) is 70.8 Å². The topological polar surface area (TPSA) is 241 Å². The second-order valence-corrected chi connectivity index (χ2v) is 21.0. The van der Waals surface area contributed by atoms with Crippen LogP contribution in [0.3, 0.4) is 0 Å². The van der Waals surface area contributed by atoms with Gasteiger partial charge < -0.3 is 59.8 Å². The Hall–Kier alpha value is -5.52. The smallest absolute Gasteiger partial charge is 0.229 e. The van der Waals surface area contributed by atoms with E-state index in [2.05, 4.69) is 82.5 Å². The summed E-state index contributed by atoms with van der Waals surface area (Å²) in [6.07, 6.45) is 15.0. The van der Waals surface area contributed by atoms with Gasteiger partial charge in [-0.25, -0.2) is 9.97 Å². The van der Waals surface area contributed by atoms with Gasteiger partial charge in [0.05, 0.1) is 49.2 Å². The molecule has 0 aromatic carbocycles. The number of fused-ring (bicyclic) bond motifs is 2. The van der Waals surface area contributed by atoms with Crippen molar-refractivity contribution >= 4 is 45.9 Å². The SMILES string of the molecule is CCc1cnn([C@H]2C[C@@H](n3cnc4c(NC5CCC(Nc6nc(N7CC[C@@H](N(C)C)C7)nc7c6ncn7[C@@H]6C[C@H](n7cc(CC)cn7)[C@@H](O)[C@H]6O)CC5)nc(N5CC[C@@H](N(C)C)C5)nc43)[C@H](O)[C@@H]2O)c1. The number of rotatable bonds is 14. The largest absolute Gasteiger partial charge is 0.388 e. The van der Waals surface area contributed by atoms with E-state index >= 15 is 0 Å². The van der Waals surface area contributed by atoms with E-state index in [1.165, 1.54) is 0 Å². The third-order valence-corrected chi connectivity index (χ3v) is 16.3. The van der Waals surface area contributed by atoms with Crippen LogP contribution in [-0.4, -0.2) is 192 Å². The van der Waals surface area contributed by atoms with Crippen LogP contribution in [0, 0.1) is 0 Å². The molecule has 8 heterocycles. The minimum Gasteiger partial charge on any atom is -0.388 e. The molecule has 3 saturated carbocycles. The Morgan fingerprint density at radius 2 is 0.957 bits per heavy atom. The molecule has 70 heavy (non-hydrogen) atoms. The Kier molecular flexibility index (Phi) is 12.7. The maximum absolute atomic E-state index is 11.5. The first-order chi connectivity index (χ1) is 33.8. The molecule has 22 heteroatoms. The van der Waals surface area contributed by atoms with Crippen LogP contribution in [0.15, 0.2) is 37.4 Å². The molecule has 6 aromatic rings. The summed E-state index contributed by atoms with van der Waals surface area (Å²) in [6, 6.07) is -0.739. The highest BCUT2D eigenvalue weighted by Crippen LogP contribution is 2.43. The van der Waals surface area contributed by atoms with E-state index in [1.54, 1.807) is 22.0 Å². The van der Waals surface area contributed by atoms with E-state index in [9.17, 15) is 20.4 Å². The molecule has 0 radical (unpaired) electrons. The summed E-state index contributed by atoms with van der Waals surface area (Å²) in [5, 5.41) is 62.5. The molecule has 2 saturated heterocycles. The Morgan fingerprint density at radius 3 is 1.31 bits per heavy atom. The average molecular weight is 963 g/mol. The van der Waals surface area contributed by atoms with Crippen molar-refractivity contribution in [1.82, 2.24) is 68.4 Å². The summed E-state index contributed by atoms with van der Waals surface area (Å²) >= 11 is 0. The van der Waals surface area contributed by atoms with Crippen molar-refractivity contribution in [2.45, 2.75) is 151 Å². The molecule has 5 fully saturated rings. The standard InChI is InChI=1S/C48H70N18O4/c1-7-27-19-51-65(21-27)35-17-33(39(67)41(35)69)63-25-49-37-43(55-47(57-45(37)63)61-15-13-31(23-61)59(3)4)53-29-9-11-30(12-10-29)54-44-38-46(58-48(56-44)62-16-14-32(24-62)60(5)6)64(26-50-38)34-18-36(42(70)40(34)68)66-22-28(8-2)20-52-66/h19-22,25-26,29-36,39-42,67-70H,7-18,23-24H2,1-6H3,(H,53,55,57)(H,54,56,58)/t29?,30?,31-,32-,33-,34-,35+,36+,39+,40+,41-,42-/m1/s1. The number of aliphatic hydroxyl groups is 4. The summed E-state index contributed by atoms with van der Waals surface area (Å²) in [4.78, 5) is 39.4. The lowest BCUT2D eigenvalue weighted by atomic mass is 9.91. The molecule has 6 aromatic heterocycles. The van der Waals surface area contributed by atoms with Gasteiger partial charge in [0.15, 0.2) is 34.0 Å². The predicted octanol–water partition coefficient (Wildman–Crippen LogP) is 2.42. The van der Waals surface area contributed by atoms with Crippen LogP contribution >= 0.6 is 0 Å². The minimum absolute atomic E-state index is 0.109. The third-order valence-electron chi connectivity index (χ3n) is 16.3. The van der Waals surface area contributed by atoms with E-state index in [-0.39, 0.29) is 24.2 Å². The van der Waals surface area contributed by atoms with Crippen molar-refractivity contribution in [3.63, 3.8) is 0 Å². The average Bonchev–Trinajstić information content (AvgIpc) is 4.22. The molecule has 6 N–H and O–H groups in total. The van der Waals surface area contributed by atoms with Gasteiger partial charge in [-0.1, -0.05) is 13.8 Å². The van der Waals surface area contributed by atoms with Crippen molar-refractivity contribution in [3.05, 3.63) is 48.6 Å². The maximum Gasteiger partial charge on any atom is 0.229 e. The number of aliphatic hydroxyl groups excluding tert-OH is 4. The third kappa shape index (κ3) is 8.52. The molecule has 22 nitrogen and oxygen atoms in total.